The lowest BCUT2D eigenvalue weighted by molar-refractivity contribution is -0.345. The molecule has 0 spiro atoms. The number of carbonyl (C=O) groups is 4. The predicted octanol–water partition coefficient (Wildman–Crippen LogP) is 5.19. The van der Waals surface area contributed by atoms with Crippen LogP contribution >= 0.6 is 0 Å². The number of fused-ring (bicyclic) bond motifs is 8. The molecule has 12 atom stereocenters. The number of amides is 1. The first-order valence-electron chi connectivity index (χ1n) is 20.5. The molecule has 7 rings (SSSR count). The monoisotopic (exact) mass is 850 g/mol. The van der Waals surface area contributed by atoms with Crippen LogP contribution in [-0.4, -0.2) is 106 Å². The van der Waals surface area contributed by atoms with Crippen molar-refractivity contribution in [2.24, 2.45) is 16.7 Å². The summed E-state index contributed by atoms with van der Waals surface area (Å²) in [5.74, 6) is -4.28. The van der Waals surface area contributed by atoms with Crippen LogP contribution in [0.15, 0.2) is 72.5 Å². The molecule has 61 heavy (non-hydrogen) atoms. The Hall–Kier alpha value is -4.74. The Kier molecular flexibility index (Phi) is 11.5. The van der Waals surface area contributed by atoms with E-state index in [0.717, 1.165) is 12.3 Å². The molecule has 3 N–H and O–H groups in total. The molecular weight excluding hydrogens is 795 g/mol. The van der Waals surface area contributed by atoms with Crippen LogP contribution in [0.5, 0.6) is 0 Å². The largest absolute Gasteiger partial charge is 0.456 e. The van der Waals surface area contributed by atoms with E-state index in [4.69, 9.17) is 33.2 Å². The van der Waals surface area contributed by atoms with Gasteiger partial charge in [-0.25, -0.2) is 18.8 Å². The summed E-state index contributed by atoms with van der Waals surface area (Å²) < 4.78 is 57.8. The topological polar surface area (TPSA) is 198 Å². The highest BCUT2D eigenvalue weighted by Crippen LogP contribution is 2.66. The minimum Gasteiger partial charge on any atom is -0.456 e. The van der Waals surface area contributed by atoms with E-state index in [0.29, 0.717) is 24.0 Å². The second-order valence-corrected chi connectivity index (χ2v) is 18.5. The van der Waals surface area contributed by atoms with Crippen molar-refractivity contribution in [3.05, 3.63) is 89.5 Å². The van der Waals surface area contributed by atoms with E-state index in [1.54, 1.807) is 71.9 Å². The van der Waals surface area contributed by atoms with E-state index < -0.39 is 112 Å². The number of carbonyl (C=O) groups excluding carboxylic acids is 4. The number of rotatable bonds is 9. The zero-order valence-electron chi connectivity index (χ0n) is 35.6. The lowest BCUT2D eigenvalue weighted by Crippen LogP contribution is -2.79. The van der Waals surface area contributed by atoms with Crippen LogP contribution < -0.4 is 5.32 Å². The minimum absolute atomic E-state index is 0.0632. The van der Waals surface area contributed by atoms with E-state index in [-0.39, 0.29) is 24.3 Å². The van der Waals surface area contributed by atoms with Gasteiger partial charge in [0.25, 0.3) is 0 Å². The van der Waals surface area contributed by atoms with Gasteiger partial charge in [0.15, 0.2) is 18.0 Å². The molecule has 2 aliphatic heterocycles. The summed E-state index contributed by atoms with van der Waals surface area (Å²) in [6.45, 7) is 17.3. The van der Waals surface area contributed by atoms with Crippen molar-refractivity contribution >= 4 is 24.0 Å². The molecule has 2 bridgehead atoms. The van der Waals surface area contributed by atoms with Crippen molar-refractivity contribution < 1.29 is 66.9 Å². The van der Waals surface area contributed by atoms with Gasteiger partial charge in [0.2, 0.25) is 0 Å². The van der Waals surface area contributed by atoms with Crippen LogP contribution in [0.3, 0.4) is 0 Å². The quantitative estimate of drug-likeness (QED) is 0.169. The Bertz CT molecular complexity index is 2090. The molecule has 2 saturated heterocycles. The van der Waals surface area contributed by atoms with Gasteiger partial charge in [-0.15, -0.1) is 0 Å². The second-order valence-electron chi connectivity index (χ2n) is 18.5. The number of ether oxygens (including phenoxy) is 7. The molecule has 16 heteroatoms. The first-order valence-corrected chi connectivity index (χ1v) is 20.5. The summed E-state index contributed by atoms with van der Waals surface area (Å²) in [6.07, 6.45) is -6.29. The SMILES string of the molecule is C=C[C@@H]1O[C@@H]2C3=C(C)[C@@H](OC(=O)[C@H](O)[C@@H](NC(=O)OC(C)(C)C)c4ccc(F)cn4)C[C@@](O)([C@@H](OC(=O)c4ccccc4)[C@H]4[C@@](C)(CC[C@H]5OC[C@]54OC(C)=O)[C@@H]2O1)C3(C)C. The molecule has 2 saturated carbocycles. The Morgan fingerprint density at radius 3 is 2.36 bits per heavy atom. The summed E-state index contributed by atoms with van der Waals surface area (Å²) in [5, 5.41) is 27.9. The maximum Gasteiger partial charge on any atom is 0.408 e. The van der Waals surface area contributed by atoms with Gasteiger partial charge in [-0.1, -0.05) is 45.5 Å². The molecule has 2 aromatic rings. The van der Waals surface area contributed by atoms with Crippen molar-refractivity contribution in [1.29, 1.82) is 0 Å². The highest BCUT2D eigenvalue weighted by atomic mass is 19.1. The van der Waals surface area contributed by atoms with Gasteiger partial charge < -0.3 is 48.7 Å². The average Bonchev–Trinajstić information content (AvgIpc) is 3.61. The number of aliphatic hydroxyl groups is 2. The van der Waals surface area contributed by atoms with Crippen LogP contribution in [0.4, 0.5) is 9.18 Å². The number of aliphatic hydroxyl groups excluding tert-OH is 1. The number of nitrogens with zero attached hydrogens (tertiary/aromatic N) is 1. The van der Waals surface area contributed by atoms with E-state index >= 15 is 0 Å². The zero-order chi connectivity index (χ0) is 44.4. The normalized spacial score (nSPS) is 34.6. The highest BCUT2D eigenvalue weighted by Gasteiger charge is 2.77. The van der Waals surface area contributed by atoms with Crippen LogP contribution in [0.2, 0.25) is 0 Å². The van der Waals surface area contributed by atoms with Gasteiger partial charge in [-0.2, -0.15) is 0 Å². The zero-order valence-corrected chi connectivity index (χ0v) is 35.6. The van der Waals surface area contributed by atoms with Crippen LogP contribution in [-0.2, 0) is 42.7 Å². The number of hydrogen-bond acceptors (Lipinski definition) is 14. The van der Waals surface area contributed by atoms with Gasteiger partial charge >= 0.3 is 24.0 Å². The first-order chi connectivity index (χ1) is 28.6. The number of benzene rings is 1. The molecule has 1 amide bonds. The van der Waals surface area contributed by atoms with Crippen LogP contribution in [0.1, 0.15) is 96.7 Å². The third-order valence-electron chi connectivity index (χ3n) is 13.3. The van der Waals surface area contributed by atoms with Crippen molar-refractivity contribution in [1.82, 2.24) is 10.3 Å². The fraction of sp³-hybridized carbons (Fsp3) is 0.578. The smallest absolute Gasteiger partial charge is 0.408 e. The number of pyridine rings is 1. The van der Waals surface area contributed by atoms with E-state index in [1.165, 1.54) is 19.1 Å². The Morgan fingerprint density at radius 1 is 1.07 bits per heavy atom. The molecule has 4 fully saturated rings. The van der Waals surface area contributed by atoms with Crippen LogP contribution in [0.25, 0.3) is 0 Å². The van der Waals surface area contributed by atoms with Crippen molar-refractivity contribution in [3.63, 3.8) is 0 Å². The summed E-state index contributed by atoms with van der Waals surface area (Å²) in [4.78, 5) is 58.7. The third kappa shape index (κ3) is 7.64. The summed E-state index contributed by atoms with van der Waals surface area (Å²) >= 11 is 0. The Morgan fingerprint density at radius 2 is 1.77 bits per heavy atom. The lowest BCUT2D eigenvalue weighted by atomic mass is 9.45. The first kappa shape index (κ1) is 44.3. The molecule has 3 heterocycles. The Balaban J connectivity index is 1.37. The molecule has 5 aliphatic rings. The molecule has 1 aromatic heterocycles. The van der Waals surface area contributed by atoms with E-state index in [1.807, 2.05) is 6.92 Å². The number of esters is 3. The summed E-state index contributed by atoms with van der Waals surface area (Å²) in [6, 6.07) is 8.93. The van der Waals surface area contributed by atoms with E-state index in [9.17, 15) is 33.8 Å². The molecule has 15 nitrogen and oxygen atoms in total. The fourth-order valence-electron chi connectivity index (χ4n) is 10.4. The van der Waals surface area contributed by atoms with Gasteiger partial charge in [-0.05, 0) is 82.0 Å². The molecular formula is C45H55FN2O13. The third-order valence-corrected chi connectivity index (χ3v) is 13.3. The van der Waals surface area contributed by atoms with E-state index in [2.05, 4.69) is 16.9 Å². The predicted molar refractivity (Wildman–Crippen MR) is 213 cm³/mol. The molecule has 0 radical (unpaired) electrons. The fourth-order valence-corrected chi connectivity index (χ4v) is 10.4. The van der Waals surface area contributed by atoms with Gasteiger partial charge in [0.05, 0.1) is 36.1 Å². The lowest BCUT2D eigenvalue weighted by Gasteiger charge is -2.68. The van der Waals surface area contributed by atoms with Gasteiger partial charge in [0, 0.05) is 24.2 Å². The maximum atomic E-state index is 14.3. The summed E-state index contributed by atoms with van der Waals surface area (Å²) in [7, 11) is 0. The number of hydrogen-bond donors (Lipinski definition) is 3. The van der Waals surface area contributed by atoms with Gasteiger partial charge in [0.1, 0.15) is 47.5 Å². The number of alkyl carbamates (subject to hydrolysis) is 1. The summed E-state index contributed by atoms with van der Waals surface area (Å²) in [5.41, 5.74) is -5.73. The van der Waals surface area contributed by atoms with Gasteiger partial charge in [-0.3, -0.25) is 9.78 Å². The Labute approximate surface area is 353 Å². The van der Waals surface area contributed by atoms with Crippen molar-refractivity contribution in [3.8, 4) is 0 Å². The standard InChI is InChI=1S/C45H55FN2O13/c1-10-30-57-34-31-23(2)28(56-39(52)33(50)32(27-17-16-26(46)21-47-27)48-40(53)61-41(4,5)6)20-45(54,42(31,7)8)37(59-38(51)25-14-12-11-13-15-25)35-43(9,36(34)58-30)19-18-29-44(35,22-55-29)60-24(3)49/h10-17,21,28-30,32-37,50,54H,1,18-20,22H2,2-9H3,(H,48,53)/t28-,29+,30+,32-,33+,34+,35-,36+,37-,43+,44-,45+/m0/s1. The number of nitrogens with one attached hydrogen (secondary N) is 1. The average molecular weight is 851 g/mol. The number of halogens is 1. The van der Waals surface area contributed by atoms with Crippen molar-refractivity contribution in [2.45, 2.75) is 140 Å². The second kappa shape index (κ2) is 15.9. The molecule has 3 aliphatic carbocycles. The minimum atomic E-state index is -2.13. The molecule has 1 aromatic carbocycles. The molecule has 0 unspecified atom stereocenters. The van der Waals surface area contributed by atoms with Crippen molar-refractivity contribution in [2.75, 3.05) is 6.61 Å². The highest BCUT2D eigenvalue weighted by molar-refractivity contribution is 5.89. The van der Waals surface area contributed by atoms with Crippen LogP contribution in [0, 0.1) is 22.6 Å². The number of aromatic nitrogens is 1. The molecule has 330 valence electrons. The maximum absolute atomic E-state index is 14.3.